The number of hydrogen-bond donors (Lipinski definition) is 2. The van der Waals surface area contributed by atoms with Crippen molar-refractivity contribution in [3.8, 4) is 0 Å². The van der Waals surface area contributed by atoms with Gasteiger partial charge in [-0.2, -0.15) is 0 Å². The third-order valence-corrected chi connectivity index (χ3v) is 2.85. The highest BCUT2D eigenvalue weighted by molar-refractivity contribution is 4.66. The summed E-state index contributed by atoms with van der Waals surface area (Å²) >= 11 is 0. The zero-order chi connectivity index (χ0) is 11.5. The molecule has 3 heteroatoms. The zero-order valence-electron chi connectivity index (χ0n) is 10.6. The van der Waals surface area contributed by atoms with Gasteiger partial charge in [-0.1, -0.05) is 13.8 Å². The van der Waals surface area contributed by atoms with E-state index in [0.29, 0.717) is 11.8 Å². The summed E-state index contributed by atoms with van der Waals surface area (Å²) in [7, 11) is 1.76. The fourth-order valence-corrected chi connectivity index (χ4v) is 1.55. The number of methoxy groups -OCH3 is 1. The van der Waals surface area contributed by atoms with Gasteiger partial charge >= 0.3 is 0 Å². The molecule has 0 aliphatic rings. The number of ether oxygens (including phenoxy) is 1. The molecule has 0 heterocycles. The average Bonchev–Trinajstić information content (AvgIpc) is 2.21. The predicted octanol–water partition coefficient (Wildman–Crippen LogP) is 1.62. The second kappa shape index (κ2) is 10.4. The molecule has 3 N–H and O–H groups in total. The lowest BCUT2D eigenvalue weighted by atomic mass is 9.96. The lowest BCUT2D eigenvalue weighted by Gasteiger charge is -2.19. The SMILES string of the molecule is COCCCCCNCC(CN)C(C)C. The fourth-order valence-electron chi connectivity index (χ4n) is 1.55. The Balaban J connectivity index is 3.22. The summed E-state index contributed by atoms with van der Waals surface area (Å²) < 4.78 is 5.00. The van der Waals surface area contributed by atoms with E-state index < -0.39 is 0 Å². The van der Waals surface area contributed by atoms with Gasteiger partial charge in [0.25, 0.3) is 0 Å². The highest BCUT2D eigenvalue weighted by Gasteiger charge is 2.09. The summed E-state index contributed by atoms with van der Waals surface area (Å²) in [5, 5.41) is 3.47. The van der Waals surface area contributed by atoms with Crippen LogP contribution >= 0.6 is 0 Å². The van der Waals surface area contributed by atoms with Gasteiger partial charge in [-0.3, -0.25) is 0 Å². The maximum atomic E-state index is 5.70. The van der Waals surface area contributed by atoms with E-state index in [0.717, 1.165) is 26.2 Å². The van der Waals surface area contributed by atoms with E-state index in [-0.39, 0.29) is 0 Å². The van der Waals surface area contributed by atoms with Crippen molar-refractivity contribution in [1.82, 2.24) is 5.32 Å². The molecule has 0 rings (SSSR count). The van der Waals surface area contributed by atoms with Crippen LogP contribution in [0.2, 0.25) is 0 Å². The first-order valence-electron chi connectivity index (χ1n) is 6.12. The molecule has 0 radical (unpaired) electrons. The summed E-state index contributed by atoms with van der Waals surface area (Å²) in [5.74, 6) is 1.29. The van der Waals surface area contributed by atoms with Crippen LogP contribution in [-0.4, -0.2) is 33.4 Å². The van der Waals surface area contributed by atoms with Crippen molar-refractivity contribution < 1.29 is 4.74 Å². The molecular weight excluding hydrogens is 188 g/mol. The van der Waals surface area contributed by atoms with Gasteiger partial charge in [0.2, 0.25) is 0 Å². The quantitative estimate of drug-likeness (QED) is 0.546. The average molecular weight is 216 g/mol. The van der Waals surface area contributed by atoms with Crippen molar-refractivity contribution in [3.63, 3.8) is 0 Å². The van der Waals surface area contributed by atoms with Crippen LogP contribution in [0, 0.1) is 11.8 Å². The predicted molar refractivity (Wildman–Crippen MR) is 66.0 cm³/mol. The zero-order valence-corrected chi connectivity index (χ0v) is 10.6. The first kappa shape index (κ1) is 14.9. The minimum atomic E-state index is 0.615. The number of nitrogens with two attached hydrogens (primary N) is 1. The lowest BCUT2D eigenvalue weighted by molar-refractivity contribution is 0.192. The monoisotopic (exact) mass is 216 g/mol. The standard InChI is InChI=1S/C12H28N2O/c1-11(2)12(9-13)10-14-7-5-4-6-8-15-3/h11-12,14H,4-10,13H2,1-3H3. The molecule has 0 fully saturated rings. The Kier molecular flexibility index (Phi) is 10.3. The molecule has 0 aliphatic carbocycles. The summed E-state index contributed by atoms with van der Waals surface area (Å²) in [6.45, 7) is 8.30. The molecule has 1 atom stereocenters. The van der Waals surface area contributed by atoms with Crippen LogP contribution in [0.5, 0.6) is 0 Å². The van der Waals surface area contributed by atoms with Gasteiger partial charge in [-0.05, 0) is 50.7 Å². The highest BCUT2D eigenvalue weighted by Crippen LogP contribution is 2.07. The molecule has 0 aromatic rings. The van der Waals surface area contributed by atoms with E-state index >= 15 is 0 Å². The Morgan fingerprint density at radius 3 is 2.47 bits per heavy atom. The number of unbranched alkanes of at least 4 members (excludes halogenated alkanes) is 2. The Hall–Kier alpha value is -0.120. The Labute approximate surface area is 94.8 Å². The van der Waals surface area contributed by atoms with E-state index in [1.807, 2.05) is 0 Å². The summed E-state index contributed by atoms with van der Waals surface area (Å²) in [5.41, 5.74) is 5.70. The summed E-state index contributed by atoms with van der Waals surface area (Å²) in [6.07, 6.45) is 3.65. The van der Waals surface area contributed by atoms with Gasteiger partial charge in [0.1, 0.15) is 0 Å². The summed E-state index contributed by atoms with van der Waals surface area (Å²) in [4.78, 5) is 0. The van der Waals surface area contributed by atoms with Gasteiger partial charge in [-0.25, -0.2) is 0 Å². The molecule has 3 nitrogen and oxygen atoms in total. The number of nitrogens with one attached hydrogen (secondary N) is 1. The first-order chi connectivity index (χ1) is 7.22. The number of hydrogen-bond acceptors (Lipinski definition) is 3. The third kappa shape index (κ3) is 8.85. The van der Waals surface area contributed by atoms with Crippen molar-refractivity contribution in [2.24, 2.45) is 17.6 Å². The minimum Gasteiger partial charge on any atom is -0.385 e. The number of rotatable bonds is 10. The maximum Gasteiger partial charge on any atom is 0.0462 e. The second-order valence-corrected chi connectivity index (χ2v) is 4.50. The normalized spacial score (nSPS) is 13.4. The van der Waals surface area contributed by atoms with E-state index in [1.54, 1.807) is 7.11 Å². The molecule has 0 bridgehead atoms. The molecule has 92 valence electrons. The van der Waals surface area contributed by atoms with E-state index in [2.05, 4.69) is 19.2 Å². The Morgan fingerprint density at radius 1 is 1.20 bits per heavy atom. The van der Waals surface area contributed by atoms with Gasteiger partial charge in [0.05, 0.1) is 0 Å². The molecule has 0 amide bonds. The molecule has 0 aliphatic heterocycles. The fraction of sp³-hybridized carbons (Fsp3) is 1.00. The van der Waals surface area contributed by atoms with E-state index in [4.69, 9.17) is 10.5 Å². The van der Waals surface area contributed by atoms with Crippen molar-refractivity contribution in [3.05, 3.63) is 0 Å². The maximum absolute atomic E-state index is 5.70. The van der Waals surface area contributed by atoms with Crippen LogP contribution in [0.1, 0.15) is 33.1 Å². The van der Waals surface area contributed by atoms with Crippen LogP contribution in [0.4, 0.5) is 0 Å². The molecule has 0 saturated carbocycles. The van der Waals surface area contributed by atoms with Crippen LogP contribution in [-0.2, 0) is 4.74 Å². The largest absolute Gasteiger partial charge is 0.385 e. The first-order valence-corrected chi connectivity index (χ1v) is 6.12. The van der Waals surface area contributed by atoms with Gasteiger partial charge in [0, 0.05) is 13.7 Å². The van der Waals surface area contributed by atoms with Crippen LogP contribution < -0.4 is 11.1 Å². The molecule has 0 saturated heterocycles. The van der Waals surface area contributed by atoms with E-state index in [9.17, 15) is 0 Å². The molecular formula is C12H28N2O. The molecule has 15 heavy (non-hydrogen) atoms. The Bertz CT molecular complexity index is 129. The smallest absolute Gasteiger partial charge is 0.0462 e. The third-order valence-electron chi connectivity index (χ3n) is 2.85. The molecule has 0 aromatic carbocycles. The van der Waals surface area contributed by atoms with E-state index in [1.165, 1.54) is 19.3 Å². The second-order valence-electron chi connectivity index (χ2n) is 4.50. The molecule has 1 unspecified atom stereocenters. The summed E-state index contributed by atoms with van der Waals surface area (Å²) in [6, 6.07) is 0. The van der Waals surface area contributed by atoms with Crippen molar-refractivity contribution in [2.45, 2.75) is 33.1 Å². The van der Waals surface area contributed by atoms with Crippen molar-refractivity contribution in [2.75, 3.05) is 33.4 Å². The van der Waals surface area contributed by atoms with Crippen molar-refractivity contribution >= 4 is 0 Å². The van der Waals surface area contributed by atoms with Gasteiger partial charge in [0.15, 0.2) is 0 Å². The molecule has 0 spiro atoms. The van der Waals surface area contributed by atoms with Crippen LogP contribution in [0.25, 0.3) is 0 Å². The Morgan fingerprint density at radius 2 is 1.93 bits per heavy atom. The van der Waals surface area contributed by atoms with Crippen molar-refractivity contribution in [1.29, 1.82) is 0 Å². The van der Waals surface area contributed by atoms with Gasteiger partial charge < -0.3 is 15.8 Å². The minimum absolute atomic E-state index is 0.615. The topological polar surface area (TPSA) is 47.3 Å². The molecule has 0 aromatic heterocycles. The van der Waals surface area contributed by atoms with Crippen LogP contribution in [0.15, 0.2) is 0 Å². The van der Waals surface area contributed by atoms with Crippen LogP contribution in [0.3, 0.4) is 0 Å². The van der Waals surface area contributed by atoms with Gasteiger partial charge in [-0.15, -0.1) is 0 Å². The highest BCUT2D eigenvalue weighted by atomic mass is 16.5. The lowest BCUT2D eigenvalue weighted by Crippen LogP contribution is -2.32.